The van der Waals surface area contributed by atoms with E-state index in [1.54, 1.807) is 0 Å². The van der Waals surface area contributed by atoms with Crippen LogP contribution in [0.5, 0.6) is 11.5 Å². The van der Waals surface area contributed by atoms with Gasteiger partial charge in [-0.2, -0.15) is 0 Å². The fraction of sp³-hybridized carbons (Fsp3) is 0.333. The Morgan fingerprint density at radius 1 is 0.870 bits per heavy atom. The van der Waals surface area contributed by atoms with Crippen molar-refractivity contribution in [3.63, 3.8) is 0 Å². The van der Waals surface area contributed by atoms with Crippen LogP contribution >= 0.6 is 7.37 Å². The molecule has 2 aromatic carbocycles. The van der Waals surface area contributed by atoms with Crippen LogP contribution < -0.4 is 9.47 Å². The molecule has 0 bridgehead atoms. The molecule has 2 rings (SSSR count). The molecule has 0 aliphatic rings. The molecule has 4 nitrogen and oxygen atoms in total. The molecule has 0 saturated heterocycles. The summed E-state index contributed by atoms with van der Waals surface area (Å²) in [4.78, 5) is 0. The van der Waals surface area contributed by atoms with E-state index in [0.717, 1.165) is 5.75 Å². The Kier molecular flexibility index (Phi) is 7.18. The summed E-state index contributed by atoms with van der Waals surface area (Å²) in [7, 11) is -2.81. The van der Waals surface area contributed by atoms with Gasteiger partial charge in [-0.3, -0.25) is 4.57 Å². The standard InChI is InChI=1S/C18H23O4P/c1-2-22-23(19,16-21-18-12-7-4-8-13-18)15-9-14-20-17-10-5-3-6-11-17/h3-8,10-13H,2,9,14-16H2,1H3. The number of benzene rings is 2. The molecule has 0 aromatic heterocycles. The molecule has 0 spiro atoms. The molecule has 0 aliphatic carbocycles. The van der Waals surface area contributed by atoms with Crippen LogP contribution in [-0.2, 0) is 9.09 Å². The third-order valence-electron chi connectivity index (χ3n) is 3.19. The van der Waals surface area contributed by atoms with Crippen molar-refractivity contribution in [2.45, 2.75) is 13.3 Å². The second-order valence-corrected chi connectivity index (χ2v) is 7.65. The summed E-state index contributed by atoms with van der Waals surface area (Å²) in [6.45, 7) is 2.76. The molecular weight excluding hydrogens is 311 g/mol. The number of hydrogen-bond donors (Lipinski definition) is 0. The maximum atomic E-state index is 12.8. The first-order valence-electron chi connectivity index (χ1n) is 7.80. The van der Waals surface area contributed by atoms with E-state index in [-0.39, 0.29) is 6.35 Å². The van der Waals surface area contributed by atoms with Crippen LogP contribution in [0.2, 0.25) is 0 Å². The maximum Gasteiger partial charge on any atom is 0.239 e. The van der Waals surface area contributed by atoms with E-state index in [1.807, 2.05) is 67.6 Å². The van der Waals surface area contributed by atoms with Gasteiger partial charge in [-0.1, -0.05) is 36.4 Å². The van der Waals surface area contributed by atoms with Crippen molar-refractivity contribution in [3.8, 4) is 11.5 Å². The van der Waals surface area contributed by atoms with Gasteiger partial charge in [0.2, 0.25) is 7.37 Å². The first-order valence-corrected chi connectivity index (χ1v) is 9.80. The van der Waals surface area contributed by atoms with Gasteiger partial charge < -0.3 is 14.0 Å². The largest absolute Gasteiger partial charge is 0.494 e. The Hall–Kier alpha value is -1.77. The van der Waals surface area contributed by atoms with E-state index in [1.165, 1.54) is 0 Å². The zero-order chi connectivity index (χ0) is 16.4. The van der Waals surface area contributed by atoms with E-state index in [4.69, 9.17) is 14.0 Å². The Morgan fingerprint density at radius 2 is 1.43 bits per heavy atom. The third-order valence-corrected chi connectivity index (χ3v) is 5.44. The van der Waals surface area contributed by atoms with Crippen LogP contribution in [0.15, 0.2) is 60.7 Å². The van der Waals surface area contributed by atoms with E-state index in [9.17, 15) is 4.57 Å². The van der Waals surface area contributed by atoms with Crippen LogP contribution in [-0.4, -0.2) is 25.7 Å². The average Bonchev–Trinajstić information content (AvgIpc) is 2.59. The smallest absolute Gasteiger partial charge is 0.239 e. The van der Waals surface area contributed by atoms with Crippen molar-refractivity contribution in [3.05, 3.63) is 60.7 Å². The fourth-order valence-electron chi connectivity index (χ4n) is 2.10. The predicted octanol–water partition coefficient (Wildman–Crippen LogP) is 4.81. The molecule has 0 fully saturated rings. The van der Waals surface area contributed by atoms with Gasteiger partial charge in [0.05, 0.1) is 13.2 Å². The van der Waals surface area contributed by atoms with E-state index >= 15 is 0 Å². The quantitative estimate of drug-likeness (QED) is 0.462. The fourth-order valence-corrected chi connectivity index (χ4v) is 3.86. The highest BCUT2D eigenvalue weighted by Gasteiger charge is 2.23. The van der Waals surface area contributed by atoms with Crippen molar-refractivity contribution < 1.29 is 18.6 Å². The second-order valence-electron chi connectivity index (χ2n) is 5.06. The normalized spacial score (nSPS) is 13.3. The highest BCUT2D eigenvalue weighted by Crippen LogP contribution is 2.47. The Bertz CT molecular complexity index is 601. The lowest BCUT2D eigenvalue weighted by Gasteiger charge is -2.18. The summed E-state index contributed by atoms with van der Waals surface area (Å²) >= 11 is 0. The van der Waals surface area contributed by atoms with Gasteiger partial charge in [-0.05, 0) is 37.6 Å². The van der Waals surface area contributed by atoms with Crippen LogP contribution in [0.1, 0.15) is 13.3 Å². The van der Waals surface area contributed by atoms with Crippen molar-refractivity contribution in [2.24, 2.45) is 0 Å². The van der Waals surface area contributed by atoms with Gasteiger partial charge >= 0.3 is 0 Å². The summed E-state index contributed by atoms with van der Waals surface area (Å²) < 4.78 is 29.5. The van der Waals surface area contributed by atoms with E-state index in [2.05, 4.69) is 0 Å². The lowest BCUT2D eigenvalue weighted by Crippen LogP contribution is -2.08. The van der Waals surface area contributed by atoms with Crippen LogP contribution in [0.25, 0.3) is 0 Å². The maximum absolute atomic E-state index is 12.8. The van der Waals surface area contributed by atoms with Gasteiger partial charge in [0, 0.05) is 6.16 Å². The highest BCUT2D eigenvalue weighted by molar-refractivity contribution is 7.58. The number of rotatable bonds is 10. The van der Waals surface area contributed by atoms with Crippen LogP contribution in [0.4, 0.5) is 0 Å². The minimum absolute atomic E-state index is 0.0934. The predicted molar refractivity (Wildman–Crippen MR) is 92.6 cm³/mol. The van der Waals surface area contributed by atoms with E-state index in [0.29, 0.717) is 31.5 Å². The SMILES string of the molecule is CCOP(=O)(CCCOc1ccccc1)COc1ccccc1. The molecule has 0 saturated carbocycles. The first kappa shape index (κ1) is 17.6. The average molecular weight is 334 g/mol. The van der Waals surface area contributed by atoms with Crippen LogP contribution in [0, 0.1) is 0 Å². The van der Waals surface area contributed by atoms with Gasteiger partial charge in [-0.25, -0.2) is 0 Å². The Labute approximate surface area is 137 Å². The number of ether oxygens (including phenoxy) is 2. The van der Waals surface area contributed by atoms with Gasteiger partial charge in [-0.15, -0.1) is 0 Å². The topological polar surface area (TPSA) is 44.8 Å². The summed E-state index contributed by atoms with van der Waals surface area (Å²) in [5.41, 5.74) is 0. The molecule has 2 aromatic rings. The Morgan fingerprint density at radius 3 is 2.00 bits per heavy atom. The highest BCUT2D eigenvalue weighted by atomic mass is 31.2. The van der Waals surface area contributed by atoms with Gasteiger partial charge in [0.15, 0.2) is 6.35 Å². The molecule has 23 heavy (non-hydrogen) atoms. The molecule has 0 N–H and O–H groups in total. The minimum Gasteiger partial charge on any atom is -0.494 e. The molecule has 5 heteroatoms. The molecule has 0 heterocycles. The van der Waals surface area contributed by atoms with E-state index < -0.39 is 7.37 Å². The number of hydrogen-bond acceptors (Lipinski definition) is 4. The molecule has 0 aliphatic heterocycles. The molecule has 0 amide bonds. The third kappa shape index (κ3) is 6.47. The summed E-state index contributed by atoms with van der Waals surface area (Å²) in [6, 6.07) is 19.0. The van der Waals surface area contributed by atoms with Gasteiger partial charge in [0.1, 0.15) is 11.5 Å². The summed E-state index contributed by atoms with van der Waals surface area (Å²) in [5.74, 6) is 1.52. The van der Waals surface area contributed by atoms with Crippen molar-refractivity contribution in [1.29, 1.82) is 0 Å². The second kappa shape index (κ2) is 9.39. The molecule has 124 valence electrons. The lowest BCUT2D eigenvalue weighted by atomic mass is 10.3. The Balaban J connectivity index is 1.78. The zero-order valence-corrected chi connectivity index (χ0v) is 14.3. The molecule has 1 atom stereocenters. The van der Waals surface area contributed by atoms with Crippen molar-refractivity contribution in [2.75, 3.05) is 25.7 Å². The number of para-hydroxylation sites is 2. The molecule has 1 unspecified atom stereocenters. The summed E-state index contributed by atoms with van der Waals surface area (Å²) in [5, 5.41) is 0. The lowest BCUT2D eigenvalue weighted by molar-refractivity contribution is 0.284. The summed E-state index contributed by atoms with van der Waals surface area (Å²) in [6.07, 6.45) is 1.20. The molecular formula is C18H23O4P. The minimum atomic E-state index is -2.81. The monoisotopic (exact) mass is 334 g/mol. The van der Waals surface area contributed by atoms with Crippen LogP contribution in [0.3, 0.4) is 0 Å². The molecule has 0 radical (unpaired) electrons. The van der Waals surface area contributed by atoms with Gasteiger partial charge in [0.25, 0.3) is 0 Å². The first-order chi connectivity index (χ1) is 11.2. The zero-order valence-electron chi connectivity index (χ0n) is 13.4. The van der Waals surface area contributed by atoms with Crippen molar-refractivity contribution in [1.82, 2.24) is 0 Å². The van der Waals surface area contributed by atoms with Crippen molar-refractivity contribution >= 4 is 7.37 Å².